The van der Waals surface area contributed by atoms with E-state index in [1.54, 1.807) is 13.0 Å². The van der Waals surface area contributed by atoms with Gasteiger partial charge in [-0.2, -0.15) is 0 Å². The number of amides is 4. The Labute approximate surface area is 173 Å². The number of hydrogen-bond donors (Lipinski definition) is 1. The van der Waals surface area contributed by atoms with E-state index in [-0.39, 0.29) is 23.9 Å². The fourth-order valence-electron chi connectivity index (χ4n) is 4.83. The number of carbonyl (C=O) groups excluding carboxylic acids is 3. The van der Waals surface area contributed by atoms with Gasteiger partial charge in [-0.15, -0.1) is 6.58 Å². The van der Waals surface area contributed by atoms with Gasteiger partial charge in [0.1, 0.15) is 0 Å². The van der Waals surface area contributed by atoms with Gasteiger partial charge < -0.3 is 20.0 Å². The number of carbonyl (C=O) groups is 3. The van der Waals surface area contributed by atoms with Crippen molar-refractivity contribution < 1.29 is 14.4 Å². The first-order valence-corrected chi connectivity index (χ1v) is 10.9. The minimum absolute atomic E-state index is 0.0614. The highest BCUT2D eigenvalue weighted by molar-refractivity contribution is 5.83. The van der Waals surface area contributed by atoms with Crippen molar-refractivity contribution in [1.29, 1.82) is 0 Å². The fraction of sp³-hybridized carbons (Fsp3) is 0.762. The third kappa shape index (κ3) is 5.29. The first-order chi connectivity index (χ1) is 14.0. The molecule has 0 bridgehead atoms. The van der Waals surface area contributed by atoms with Crippen LogP contribution >= 0.6 is 0 Å². The lowest BCUT2D eigenvalue weighted by Crippen LogP contribution is -2.61. The highest BCUT2D eigenvalue weighted by Crippen LogP contribution is 2.32. The molecule has 1 aliphatic carbocycles. The largest absolute Gasteiger partial charge is 0.339 e. The van der Waals surface area contributed by atoms with Crippen molar-refractivity contribution in [2.24, 2.45) is 5.92 Å². The molecular weight excluding hydrogens is 370 g/mol. The second kappa shape index (κ2) is 10.1. The maximum Gasteiger partial charge on any atom is 0.317 e. The number of nitrogens with zero attached hydrogens (tertiary/aromatic N) is 4. The Morgan fingerprint density at radius 1 is 0.931 bits per heavy atom. The van der Waals surface area contributed by atoms with Gasteiger partial charge in [0.25, 0.3) is 0 Å². The predicted molar refractivity (Wildman–Crippen MR) is 111 cm³/mol. The summed E-state index contributed by atoms with van der Waals surface area (Å²) in [6.07, 6.45) is 6.26. The van der Waals surface area contributed by atoms with Crippen LogP contribution in [0.4, 0.5) is 4.79 Å². The molecule has 0 aromatic carbocycles. The molecule has 8 heteroatoms. The second-order valence-electron chi connectivity index (χ2n) is 8.32. The summed E-state index contributed by atoms with van der Waals surface area (Å²) in [7, 11) is 0. The van der Waals surface area contributed by atoms with Gasteiger partial charge in [-0.05, 0) is 18.8 Å². The van der Waals surface area contributed by atoms with Crippen molar-refractivity contribution in [2.45, 2.75) is 38.6 Å². The Hall–Kier alpha value is -2.09. The van der Waals surface area contributed by atoms with E-state index in [1.165, 1.54) is 12.8 Å². The average Bonchev–Trinajstić information content (AvgIpc) is 3.27. The van der Waals surface area contributed by atoms with Crippen molar-refractivity contribution >= 4 is 17.8 Å². The molecule has 0 aromatic rings. The van der Waals surface area contributed by atoms with Crippen molar-refractivity contribution in [3.63, 3.8) is 0 Å². The first kappa shape index (κ1) is 21.6. The molecule has 0 unspecified atom stereocenters. The van der Waals surface area contributed by atoms with E-state index < -0.39 is 0 Å². The Kier molecular flexibility index (Phi) is 7.52. The van der Waals surface area contributed by atoms with E-state index in [0.717, 1.165) is 25.9 Å². The lowest BCUT2D eigenvalue weighted by molar-refractivity contribution is -0.144. The van der Waals surface area contributed by atoms with Gasteiger partial charge in [0, 0.05) is 65.8 Å². The summed E-state index contributed by atoms with van der Waals surface area (Å²) in [5.41, 5.74) is 0. The van der Waals surface area contributed by atoms with E-state index in [2.05, 4.69) is 16.8 Å². The minimum Gasteiger partial charge on any atom is -0.339 e. The van der Waals surface area contributed by atoms with Gasteiger partial charge in [-0.1, -0.05) is 18.9 Å². The van der Waals surface area contributed by atoms with Crippen LogP contribution in [0.5, 0.6) is 0 Å². The molecule has 0 radical (unpaired) electrons. The van der Waals surface area contributed by atoms with Gasteiger partial charge in [0.2, 0.25) is 11.8 Å². The topological polar surface area (TPSA) is 76.2 Å². The summed E-state index contributed by atoms with van der Waals surface area (Å²) < 4.78 is 0. The van der Waals surface area contributed by atoms with Crippen LogP contribution in [-0.4, -0.2) is 102 Å². The molecule has 2 saturated heterocycles. The SMILES string of the molecule is C=CCNC(=O)N1CCN([C@@H](C(=O)N2CCN(C(C)=O)CC2)C2CCCC2)CC1. The predicted octanol–water partition coefficient (Wildman–Crippen LogP) is 0.749. The van der Waals surface area contributed by atoms with E-state index in [1.807, 2.05) is 14.7 Å². The summed E-state index contributed by atoms with van der Waals surface area (Å²) in [6, 6.07) is -0.159. The van der Waals surface area contributed by atoms with Crippen LogP contribution in [0.2, 0.25) is 0 Å². The first-order valence-electron chi connectivity index (χ1n) is 10.9. The van der Waals surface area contributed by atoms with Crippen molar-refractivity contribution in [2.75, 3.05) is 58.9 Å². The lowest BCUT2D eigenvalue weighted by atomic mass is 9.94. The van der Waals surface area contributed by atoms with Gasteiger partial charge in [-0.3, -0.25) is 14.5 Å². The highest BCUT2D eigenvalue weighted by atomic mass is 16.2. The van der Waals surface area contributed by atoms with Crippen LogP contribution in [0, 0.1) is 5.92 Å². The Bertz CT molecular complexity index is 603. The number of piperazine rings is 2. The molecule has 2 aliphatic heterocycles. The summed E-state index contributed by atoms with van der Waals surface area (Å²) >= 11 is 0. The van der Waals surface area contributed by atoms with Crippen LogP contribution in [-0.2, 0) is 9.59 Å². The summed E-state index contributed by atoms with van der Waals surface area (Å²) in [5, 5.41) is 2.83. The van der Waals surface area contributed by atoms with Gasteiger partial charge in [-0.25, -0.2) is 4.79 Å². The van der Waals surface area contributed by atoms with Crippen LogP contribution in [0.25, 0.3) is 0 Å². The molecule has 3 rings (SSSR count). The van der Waals surface area contributed by atoms with Crippen molar-refractivity contribution in [3.05, 3.63) is 12.7 Å². The zero-order chi connectivity index (χ0) is 20.8. The van der Waals surface area contributed by atoms with Crippen LogP contribution in [0.15, 0.2) is 12.7 Å². The van der Waals surface area contributed by atoms with Gasteiger partial charge in [0.15, 0.2) is 0 Å². The zero-order valence-electron chi connectivity index (χ0n) is 17.6. The van der Waals surface area contributed by atoms with E-state index in [0.29, 0.717) is 51.7 Å². The molecule has 3 fully saturated rings. The molecule has 162 valence electrons. The maximum atomic E-state index is 13.5. The van der Waals surface area contributed by atoms with Gasteiger partial charge >= 0.3 is 6.03 Å². The smallest absolute Gasteiger partial charge is 0.317 e. The minimum atomic E-state index is -0.0974. The standard InChI is InChI=1S/C21H35N5O3/c1-3-8-22-21(29)26-15-11-24(12-16-26)19(18-6-4-5-7-18)20(28)25-13-9-23(10-14-25)17(2)27/h3,18-19H,1,4-16H2,2H3,(H,22,29)/t19-/m1/s1. The molecule has 29 heavy (non-hydrogen) atoms. The Morgan fingerprint density at radius 3 is 2.03 bits per heavy atom. The summed E-state index contributed by atoms with van der Waals surface area (Å²) in [4.78, 5) is 45.2. The monoisotopic (exact) mass is 405 g/mol. The van der Waals surface area contributed by atoms with E-state index in [9.17, 15) is 14.4 Å². The molecule has 0 aromatic heterocycles. The van der Waals surface area contributed by atoms with Crippen LogP contribution in [0.3, 0.4) is 0 Å². The third-order valence-electron chi connectivity index (χ3n) is 6.53. The van der Waals surface area contributed by atoms with Crippen molar-refractivity contribution in [1.82, 2.24) is 24.9 Å². The molecule has 1 atom stereocenters. The van der Waals surface area contributed by atoms with E-state index >= 15 is 0 Å². The number of rotatable bonds is 5. The molecule has 4 amide bonds. The molecule has 8 nitrogen and oxygen atoms in total. The van der Waals surface area contributed by atoms with Crippen LogP contribution in [0.1, 0.15) is 32.6 Å². The lowest BCUT2D eigenvalue weighted by Gasteiger charge is -2.43. The molecule has 3 aliphatic rings. The summed E-state index contributed by atoms with van der Waals surface area (Å²) in [5.74, 6) is 0.689. The molecule has 1 saturated carbocycles. The zero-order valence-corrected chi connectivity index (χ0v) is 17.6. The van der Waals surface area contributed by atoms with Gasteiger partial charge in [0.05, 0.1) is 6.04 Å². The number of hydrogen-bond acceptors (Lipinski definition) is 4. The molecule has 0 spiro atoms. The molecule has 1 N–H and O–H groups in total. The van der Waals surface area contributed by atoms with E-state index in [4.69, 9.17) is 0 Å². The Balaban J connectivity index is 1.61. The van der Waals surface area contributed by atoms with Crippen LogP contribution < -0.4 is 5.32 Å². The molecule has 2 heterocycles. The Morgan fingerprint density at radius 2 is 1.48 bits per heavy atom. The maximum absolute atomic E-state index is 13.5. The van der Waals surface area contributed by atoms with Crippen molar-refractivity contribution in [3.8, 4) is 0 Å². The second-order valence-corrected chi connectivity index (χ2v) is 8.32. The summed E-state index contributed by atoms with van der Waals surface area (Å²) in [6.45, 7) is 10.9. The third-order valence-corrected chi connectivity index (χ3v) is 6.53. The molecular formula is C21H35N5O3. The average molecular weight is 406 g/mol. The fourth-order valence-corrected chi connectivity index (χ4v) is 4.83. The normalized spacial score (nSPS) is 22.4. The number of nitrogens with one attached hydrogen (secondary N) is 1. The highest BCUT2D eigenvalue weighted by Gasteiger charge is 2.40. The number of urea groups is 1. The quantitative estimate of drug-likeness (QED) is 0.685.